The highest BCUT2D eigenvalue weighted by atomic mass is 32.2. The van der Waals surface area contributed by atoms with Crippen LogP contribution in [-0.4, -0.2) is 37.2 Å². The molecule has 1 aromatic carbocycles. The second-order valence-electron chi connectivity index (χ2n) is 4.65. The Bertz CT molecular complexity index is 752. The number of anilines is 1. The van der Waals surface area contributed by atoms with Crippen molar-refractivity contribution in [2.24, 2.45) is 0 Å². The molecule has 0 aliphatic carbocycles. The lowest BCUT2D eigenvalue weighted by Gasteiger charge is -2.07. The van der Waals surface area contributed by atoms with Crippen LogP contribution in [0, 0.1) is 6.92 Å². The zero-order valence-corrected chi connectivity index (χ0v) is 12.7. The van der Waals surface area contributed by atoms with Gasteiger partial charge in [0, 0.05) is 6.42 Å². The average Bonchev–Trinajstić information content (AvgIpc) is 2.77. The molecule has 7 nitrogen and oxygen atoms in total. The average molecular weight is 311 g/mol. The Labute approximate surface area is 122 Å². The molecule has 21 heavy (non-hydrogen) atoms. The molecule has 0 aliphatic rings. The molecule has 2 N–H and O–H groups in total. The Hall–Kier alpha value is -2.09. The van der Waals surface area contributed by atoms with E-state index in [0.717, 1.165) is 16.9 Å². The van der Waals surface area contributed by atoms with Crippen LogP contribution < -0.4 is 4.72 Å². The molecule has 8 heteroatoms. The molecule has 0 bridgehead atoms. The lowest BCUT2D eigenvalue weighted by atomic mass is 10.3. The topological polar surface area (TPSA) is 101 Å². The van der Waals surface area contributed by atoms with Gasteiger partial charge in [-0.05, 0) is 31.5 Å². The number of hydrogen-bond acceptors (Lipinski definition) is 5. The quantitative estimate of drug-likeness (QED) is 0.788. The lowest BCUT2D eigenvalue weighted by Crippen LogP contribution is -2.17. The number of imidazole rings is 1. The zero-order valence-electron chi connectivity index (χ0n) is 11.8. The zero-order chi connectivity index (χ0) is 15.5. The van der Waals surface area contributed by atoms with Crippen LogP contribution in [0.5, 0.6) is 0 Å². The Morgan fingerprint density at radius 1 is 1.43 bits per heavy atom. The fourth-order valence-corrected chi connectivity index (χ4v) is 3.05. The normalized spacial score (nSPS) is 11.5. The number of hydrogen-bond donors (Lipinski definition) is 2. The molecule has 0 saturated heterocycles. The second-order valence-corrected chi connectivity index (χ2v) is 6.50. The molecule has 0 unspecified atom stereocenters. The van der Waals surface area contributed by atoms with Crippen molar-refractivity contribution >= 4 is 32.7 Å². The molecule has 0 atom stereocenters. The maximum Gasteiger partial charge on any atom is 0.305 e. The summed E-state index contributed by atoms with van der Waals surface area (Å²) in [5.74, 6) is 0.213. The van der Waals surface area contributed by atoms with Gasteiger partial charge in [-0.25, -0.2) is 13.4 Å². The number of nitrogens with one attached hydrogen (secondary N) is 2. The van der Waals surface area contributed by atoms with Crippen LogP contribution in [-0.2, 0) is 19.6 Å². The number of aromatic nitrogens is 2. The van der Waals surface area contributed by atoms with Crippen LogP contribution in [0.4, 0.5) is 5.69 Å². The van der Waals surface area contributed by atoms with Crippen molar-refractivity contribution in [2.75, 3.05) is 17.6 Å². The third-order valence-corrected chi connectivity index (χ3v) is 4.27. The Morgan fingerprint density at radius 2 is 2.19 bits per heavy atom. The molecule has 0 radical (unpaired) electrons. The summed E-state index contributed by atoms with van der Waals surface area (Å²) < 4.78 is 30.8. The minimum absolute atomic E-state index is 0.0796. The number of carbonyl (C=O) groups excluding carboxylic acids is 1. The smallest absolute Gasteiger partial charge is 0.305 e. The number of ether oxygens (including phenoxy) is 1. The lowest BCUT2D eigenvalue weighted by molar-refractivity contribution is -0.140. The molecule has 2 aromatic rings. The fraction of sp³-hybridized carbons (Fsp3) is 0.385. The molecule has 114 valence electrons. The molecule has 2 rings (SSSR count). The van der Waals surface area contributed by atoms with E-state index in [1.807, 2.05) is 6.92 Å². The van der Waals surface area contributed by atoms with Crippen molar-refractivity contribution < 1.29 is 17.9 Å². The highest BCUT2D eigenvalue weighted by Crippen LogP contribution is 2.18. The number of carbonyl (C=O) groups is 1. The Balaban J connectivity index is 2.02. The summed E-state index contributed by atoms with van der Waals surface area (Å²) in [4.78, 5) is 18.2. The number of nitrogens with zero attached hydrogens (tertiary/aromatic N) is 1. The number of aryl methyl sites for hydroxylation is 1. The highest BCUT2D eigenvalue weighted by molar-refractivity contribution is 7.92. The van der Waals surface area contributed by atoms with Crippen LogP contribution >= 0.6 is 0 Å². The van der Waals surface area contributed by atoms with E-state index >= 15 is 0 Å². The number of fused-ring (bicyclic) bond motifs is 1. The molecular weight excluding hydrogens is 294 g/mol. The molecular formula is C13H17N3O4S. The summed E-state index contributed by atoms with van der Waals surface area (Å²) >= 11 is 0. The SMILES string of the molecule is COC(=O)CCCS(=O)(=O)Nc1ccc2nc(C)[nH]c2c1. The number of aromatic amines is 1. The summed E-state index contributed by atoms with van der Waals surface area (Å²) in [6, 6.07) is 5.08. The van der Waals surface area contributed by atoms with Gasteiger partial charge in [-0.1, -0.05) is 0 Å². The van der Waals surface area contributed by atoms with E-state index in [1.54, 1.807) is 18.2 Å². The van der Waals surface area contributed by atoms with Gasteiger partial charge in [-0.2, -0.15) is 0 Å². The van der Waals surface area contributed by atoms with Crippen molar-refractivity contribution in [1.29, 1.82) is 0 Å². The number of methoxy groups -OCH3 is 1. The van der Waals surface area contributed by atoms with Crippen LogP contribution in [0.2, 0.25) is 0 Å². The number of benzene rings is 1. The van der Waals surface area contributed by atoms with Gasteiger partial charge in [0.15, 0.2) is 0 Å². The number of sulfonamides is 1. The molecule has 0 spiro atoms. The summed E-state index contributed by atoms with van der Waals surface area (Å²) in [6.45, 7) is 1.83. The molecule has 0 aliphatic heterocycles. The van der Waals surface area contributed by atoms with Gasteiger partial charge >= 0.3 is 5.97 Å². The maximum atomic E-state index is 11.9. The monoisotopic (exact) mass is 311 g/mol. The minimum Gasteiger partial charge on any atom is -0.469 e. The third kappa shape index (κ3) is 4.19. The summed E-state index contributed by atoms with van der Waals surface area (Å²) in [5, 5.41) is 0. The van der Waals surface area contributed by atoms with Gasteiger partial charge in [-0.15, -0.1) is 0 Å². The molecule has 0 amide bonds. The third-order valence-electron chi connectivity index (χ3n) is 2.90. The first-order chi connectivity index (χ1) is 9.89. The van der Waals surface area contributed by atoms with Crippen molar-refractivity contribution in [3.63, 3.8) is 0 Å². The van der Waals surface area contributed by atoms with Crippen LogP contribution in [0.3, 0.4) is 0 Å². The van der Waals surface area contributed by atoms with Crippen LogP contribution in [0.1, 0.15) is 18.7 Å². The van der Waals surface area contributed by atoms with Crippen LogP contribution in [0.15, 0.2) is 18.2 Å². The Kier molecular flexibility index (Phi) is 4.46. The fourth-order valence-electron chi connectivity index (χ4n) is 1.94. The van der Waals surface area contributed by atoms with Crippen LogP contribution in [0.25, 0.3) is 11.0 Å². The summed E-state index contributed by atoms with van der Waals surface area (Å²) in [6.07, 6.45) is 0.295. The van der Waals surface area contributed by atoms with E-state index in [-0.39, 0.29) is 18.6 Å². The van der Waals surface area contributed by atoms with Gasteiger partial charge in [0.05, 0.1) is 29.6 Å². The van der Waals surface area contributed by atoms with Crippen molar-refractivity contribution in [1.82, 2.24) is 9.97 Å². The Morgan fingerprint density at radius 3 is 2.90 bits per heavy atom. The van der Waals surface area contributed by atoms with Gasteiger partial charge in [0.1, 0.15) is 5.82 Å². The largest absolute Gasteiger partial charge is 0.469 e. The molecule has 1 aromatic heterocycles. The van der Waals surface area contributed by atoms with Crippen molar-refractivity contribution in [3.8, 4) is 0 Å². The molecule has 0 saturated carbocycles. The standard InChI is InChI=1S/C13H17N3O4S/c1-9-14-11-6-5-10(8-12(11)15-9)16-21(18,19)7-3-4-13(17)20-2/h5-6,8,16H,3-4,7H2,1-2H3,(H,14,15). The first kappa shape index (κ1) is 15.3. The highest BCUT2D eigenvalue weighted by Gasteiger charge is 2.12. The molecule has 0 fully saturated rings. The van der Waals surface area contributed by atoms with E-state index in [9.17, 15) is 13.2 Å². The van der Waals surface area contributed by atoms with E-state index in [2.05, 4.69) is 19.4 Å². The van der Waals surface area contributed by atoms with Crippen molar-refractivity contribution in [2.45, 2.75) is 19.8 Å². The summed E-state index contributed by atoms with van der Waals surface area (Å²) in [7, 11) is -2.22. The number of H-pyrrole nitrogens is 1. The van der Waals surface area contributed by atoms with Gasteiger partial charge in [-0.3, -0.25) is 9.52 Å². The van der Waals surface area contributed by atoms with Gasteiger partial charge in [0.2, 0.25) is 10.0 Å². The number of rotatable bonds is 6. The maximum absolute atomic E-state index is 11.9. The van der Waals surface area contributed by atoms with E-state index in [0.29, 0.717) is 5.69 Å². The van der Waals surface area contributed by atoms with Crippen molar-refractivity contribution in [3.05, 3.63) is 24.0 Å². The first-order valence-corrected chi connectivity index (χ1v) is 8.08. The predicted octanol–water partition coefficient (Wildman–Crippen LogP) is 1.57. The summed E-state index contributed by atoms with van der Waals surface area (Å²) in [5.41, 5.74) is 2.01. The van der Waals surface area contributed by atoms with Gasteiger partial charge in [0.25, 0.3) is 0 Å². The van der Waals surface area contributed by atoms with E-state index in [1.165, 1.54) is 7.11 Å². The minimum atomic E-state index is -3.49. The van der Waals surface area contributed by atoms with E-state index in [4.69, 9.17) is 0 Å². The first-order valence-electron chi connectivity index (χ1n) is 6.43. The van der Waals surface area contributed by atoms with Gasteiger partial charge < -0.3 is 9.72 Å². The molecule has 1 heterocycles. The van der Waals surface area contributed by atoms with E-state index < -0.39 is 16.0 Å². The number of esters is 1. The second kappa shape index (κ2) is 6.13. The predicted molar refractivity (Wildman–Crippen MR) is 79.5 cm³/mol.